The van der Waals surface area contributed by atoms with Crippen molar-refractivity contribution in [2.45, 2.75) is 44.1 Å². The molecule has 0 spiro atoms. The summed E-state index contributed by atoms with van der Waals surface area (Å²) in [6, 6.07) is 12.5. The first-order valence-electron chi connectivity index (χ1n) is 10.0. The molecule has 7 heteroatoms. The van der Waals surface area contributed by atoms with Gasteiger partial charge in [0, 0.05) is 32.0 Å². The summed E-state index contributed by atoms with van der Waals surface area (Å²) < 4.78 is 5.51. The lowest BCUT2D eigenvalue weighted by atomic mass is 9.75. The van der Waals surface area contributed by atoms with Gasteiger partial charge in [-0.25, -0.2) is 9.97 Å². The first-order valence-corrected chi connectivity index (χ1v) is 10.0. The van der Waals surface area contributed by atoms with Crippen molar-refractivity contribution in [1.82, 2.24) is 9.97 Å². The number of nitrogens with one attached hydrogen (secondary N) is 1. The Hall–Kier alpha value is -3.16. The molecule has 1 atom stereocenters. The third-order valence-corrected chi connectivity index (χ3v) is 5.92. The maximum absolute atomic E-state index is 10.0. The molecule has 4 rings (SSSR count). The molecule has 0 bridgehead atoms. The highest BCUT2D eigenvalue weighted by atomic mass is 16.5. The van der Waals surface area contributed by atoms with Crippen LogP contribution in [-0.4, -0.2) is 35.8 Å². The molecule has 2 aromatic heterocycles. The Morgan fingerprint density at radius 2 is 2.03 bits per heavy atom. The summed E-state index contributed by atoms with van der Waals surface area (Å²) in [4.78, 5) is 11.4. The number of nitriles is 2. The molecule has 29 heavy (non-hydrogen) atoms. The van der Waals surface area contributed by atoms with Gasteiger partial charge in [-0.2, -0.15) is 10.5 Å². The smallest absolute Gasteiger partial charge is 0.134 e. The van der Waals surface area contributed by atoms with Gasteiger partial charge in [0.2, 0.25) is 0 Å². The zero-order valence-corrected chi connectivity index (χ0v) is 16.6. The lowest BCUT2D eigenvalue weighted by molar-refractivity contribution is 0.0675. The number of anilines is 3. The molecule has 148 valence electrons. The van der Waals surface area contributed by atoms with E-state index in [1.54, 1.807) is 18.3 Å². The minimum Gasteiger partial charge on any atom is -0.381 e. The van der Waals surface area contributed by atoms with Gasteiger partial charge in [0.05, 0.1) is 23.1 Å². The maximum atomic E-state index is 10.0. The van der Waals surface area contributed by atoms with Crippen LogP contribution in [0.4, 0.5) is 17.5 Å². The van der Waals surface area contributed by atoms with E-state index in [1.165, 1.54) is 0 Å². The fourth-order valence-corrected chi connectivity index (χ4v) is 4.16. The molecule has 0 amide bonds. The SMILES string of the molecule is CC1CCCN1c1cc(C2(C#N)CCOCC2)cc(Nc2cc(C#N)ccn2)n1. The maximum Gasteiger partial charge on any atom is 0.134 e. The fraction of sp³-hybridized carbons (Fsp3) is 0.455. The molecule has 0 saturated carbocycles. The van der Waals surface area contributed by atoms with Crippen molar-refractivity contribution in [2.75, 3.05) is 30.0 Å². The summed E-state index contributed by atoms with van der Waals surface area (Å²) in [5.74, 6) is 2.08. The van der Waals surface area contributed by atoms with Crippen LogP contribution in [0.1, 0.15) is 43.7 Å². The second kappa shape index (κ2) is 8.06. The molecular formula is C22H24N6O. The number of hydrogen-bond acceptors (Lipinski definition) is 7. The Bertz CT molecular complexity index is 970. The average molecular weight is 388 g/mol. The molecule has 1 N–H and O–H groups in total. The van der Waals surface area contributed by atoms with Crippen molar-refractivity contribution in [3.05, 3.63) is 41.6 Å². The van der Waals surface area contributed by atoms with E-state index in [9.17, 15) is 5.26 Å². The van der Waals surface area contributed by atoms with Gasteiger partial charge in [-0.1, -0.05) is 0 Å². The molecule has 4 heterocycles. The molecule has 2 saturated heterocycles. The van der Waals surface area contributed by atoms with Crippen LogP contribution in [0.3, 0.4) is 0 Å². The summed E-state index contributed by atoms with van der Waals surface area (Å²) in [7, 11) is 0. The van der Waals surface area contributed by atoms with Crippen molar-refractivity contribution >= 4 is 17.5 Å². The van der Waals surface area contributed by atoms with Gasteiger partial charge >= 0.3 is 0 Å². The monoisotopic (exact) mass is 388 g/mol. The van der Waals surface area contributed by atoms with Crippen LogP contribution in [0.15, 0.2) is 30.5 Å². The summed E-state index contributed by atoms with van der Waals surface area (Å²) in [6.45, 7) is 4.34. The molecular weight excluding hydrogens is 364 g/mol. The van der Waals surface area contributed by atoms with Crippen LogP contribution in [0, 0.1) is 22.7 Å². The molecule has 7 nitrogen and oxygen atoms in total. The minimum atomic E-state index is -0.572. The van der Waals surface area contributed by atoms with E-state index >= 15 is 0 Å². The number of nitrogens with zero attached hydrogens (tertiary/aromatic N) is 5. The summed E-state index contributed by atoms with van der Waals surface area (Å²) in [5, 5.41) is 22.4. The van der Waals surface area contributed by atoms with Gasteiger partial charge in [-0.3, -0.25) is 0 Å². The Balaban J connectivity index is 1.75. The third kappa shape index (κ3) is 3.87. The van der Waals surface area contributed by atoms with E-state index in [4.69, 9.17) is 15.0 Å². The largest absolute Gasteiger partial charge is 0.381 e. The normalized spacial score (nSPS) is 20.7. The summed E-state index contributed by atoms with van der Waals surface area (Å²) >= 11 is 0. The number of rotatable bonds is 4. The van der Waals surface area contributed by atoms with Crippen LogP contribution >= 0.6 is 0 Å². The zero-order valence-electron chi connectivity index (χ0n) is 16.6. The predicted molar refractivity (Wildman–Crippen MR) is 110 cm³/mol. The highest BCUT2D eigenvalue weighted by molar-refractivity contribution is 5.60. The van der Waals surface area contributed by atoms with E-state index in [0.717, 1.165) is 30.8 Å². The minimum absolute atomic E-state index is 0.415. The first kappa shape index (κ1) is 19.2. The van der Waals surface area contributed by atoms with Gasteiger partial charge < -0.3 is 15.0 Å². The number of pyridine rings is 2. The third-order valence-electron chi connectivity index (χ3n) is 5.92. The predicted octanol–water partition coefficient (Wildman–Crippen LogP) is 3.65. The topological polar surface area (TPSA) is 97.9 Å². The quantitative estimate of drug-likeness (QED) is 0.853. The Kier molecular flexibility index (Phi) is 5.33. The van der Waals surface area contributed by atoms with Gasteiger partial charge in [-0.05, 0) is 62.4 Å². The summed E-state index contributed by atoms with van der Waals surface area (Å²) in [5.41, 5.74) is 0.924. The molecule has 0 aliphatic carbocycles. The van der Waals surface area contributed by atoms with E-state index in [2.05, 4.69) is 40.3 Å². The first-order chi connectivity index (χ1) is 14.1. The second-order valence-electron chi connectivity index (χ2n) is 7.76. The Morgan fingerprint density at radius 1 is 1.21 bits per heavy atom. The van der Waals surface area contributed by atoms with Crippen LogP contribution in [-0.2, 0) is 10.2 Å². The zero-order chi connectivity index (χ0) is 20.3. The highest BCUT2D eigenvalue weighted by Crippen LogP contribution is 2.38. The van der Waals surface area contributed by atoms with Gasteiger partial charge in [-0.15, -0.1) is 0 Å². The van der Waals surface area contributed by atoms with Gasteiger partial charge in [0.15, 0.2) is 0 Å². The highest BCUT2D eigenvalue weighted by Gasteiger charge is 2.36. The van der Waals surface area contributed by atoms with Crippen LogP contribution in [0.25, 0.3) is 0 Å². The molecule has 0 aromatic carbocycles. The molecule has 2 aliphatic heterocycles. The number of hydrogen-bond donors (Lipinski definition) is 1. The number of aromatic nitrogens is 2. The van der Waals surface area contributed by atoms with E-state index < -0.39 is 5.41 Å². The lowest BCUT2D eigenvalue weighted by Gasteiger charge is -2.32. The lowest BCUT2D eigenvalue weighted by Crippen LogP contribution is -2.33. The van der Waals surface area contributed by atoms with Crippen molar-refractivity contribution in [1.29, 1.82) is 10.5 Å². The Morgan fingerprint density at radius 3 is 2.72 bits per heavy atom. The van der Waals surface area contributed by atoms with Crippen molar-refractivity contribution in [3.8, 4) is 12.1 Å². The Labute approximate surface area is 171 Å². The van der Waals surface area contributed by atoms with Crippen LogP contribution in [0.2, 0.25) is 0 Å². The average Bonchev–Trinajstić information content (AvgIpc) is 3.20. The van der Waals surface area contributed by atoms with Gasteiger partial charge in [0.1, 0.15) is 17.5 Å². The van der Waals surface area contributed by atoms with E-state index in [0.29, 0.717) is 49.3 Å². The number of ether oxygens (including phenoxy) is 1. The molecule has 2 aromatic rings. The van der Waals surface area contributed by atoms with Crippen LogP contribution < -0.4 is 10.2 Å². The second-order valence-corrected chi connectivity index (χ2v) is 7.76. The van der Waals surface area contributed by atoms with Crippen molar-refractivity contribution in [2.24, 2.45) is 0 Å². The molecule has 1 unspecified atom stereocenters. The van der Waals surface area contributed by atoms with E-state index in [1.807, 2.05) is 6.07 Å². The standard InChI is InChI=1S/C22H24N6O/c1-16-3-2-8-28(16)21-13-18(22(15-24)5-9-29-10-6-22)12-20(27-21)26-19-11-17(14-23)4-7-25-19/h4,7,11-13,16H,2-3,5-6,8-10H2,1H3,(H,25,26,27). The van der Waals surface area contributed by atoms with Crippen LogP contribution in [0.5, 0.6) is 0 Å². The van der Waals surface area contributed by atoms with Crippen molar-refractivity contribution in [3.63, 3.8) is 0 Å². The fourth-order valence-electron chi connectivity index (χ4n) is 4.16. The molecule has 2 aliphatic rings. The van der Waals surface area contributed by atoms with Crippen molar-refractivity contribution < 1.29 is 4.74 Å². The summed E-state index contributed by atoms with van der Waals surface area (Å²) in [6.07, 6.45) is 5.22. The molecule has 2 fully saturated rings. The van der Waals surface area contributed by atoms with E-state index in [-0.39, 0.29) is 0 Å². The van der Waals surface area contributed by atoms with Gasteiger partial charge in [0.25, 0.3) is 0 Å². The molecule has 0 radical (unpaired) electrons.